The molecule has 0 radical (unpaired) electrons. The van der Waals surface area contributed by atoms with Crippen molar-refractivity contribution in [2.75, 3.05) is 13.2 Å². The van der Waals surface area contributed by atoms with Crippen molar-refractivity contribution in [3.05, 3.63) is 45.5 Å². The molecule has 4 rings (SSSR count). The van der Waals surface area contributed by atoms with Gasteiger partial charge in [-0.3, -0.25) is 4.79 Å². The molecule has 1 aliphatic heterocycles. The van der Waals surface area contributed by atoms with Gasteiger partial charge in [-0.1, -0.05) is 31.5 Å². The number of hydrogen-bond donors (Lipinski definition) is 2. The molecule has 3 heterocycles. The molecule has 3 N–H and O–H groups in total. The van der Waals surface area contributed by atoms with E-state index in [0.717, 1.165) is 10.9 Å². The summed E-state index contributed by atoms with van der Waals surface area (Å²) in [5.41, 5.74) is 4.74. The second-order valence-corrected chi connectivity index (χ2v) is 16.5. The van der Waals surface area contributed by atoms with E-state index in [0.29, 0.717) is 36.6 Å². The molecule has 0 saturated carbocycles. The highest BCUT2D eigenvalue weighted by molar-refractivity contribution is 7.14. The van der Waals surface area contributed by atoms with Crippen LogP contribution in [-0.2, 0) is 23.5 Å². The van der Waals surface area contributed by atoms with E-state index in [-0.39, 0.29) is 23.1 Å². The number of nitrogens with zero attached hydrogens (tertiary/aromatic N) is 4. The van der Waals surface area contributed by atoms with Gasteiger partial charge in [-0.15, -0.1) is 11.3 Å². The van der Waals surface area contributed by atoms with E-state index in [2.05, 4.69) is 46.5 Å². The molecule has 1 amide bonds. The lowest BCUT2D eigenvalue weighted by Gasteiger charge is -2.18. The van der Waals surface area contributed by atoms with E-state index in [1.807, 2.05) is 0 Å². The molecule has 1 atom stereocenters. The number of halogens is 1. The molecule has 0 aliphatic carbocycles. The van der Waals surface area contributed by atoms with Crippen LogP contribution in [0, 0.1) is 17.7 Å². The van der Waals surface area contributed by atoms with Gasteiger partial charge in [-0.2, -0.15) is 5.10 Å². The zero-order chi connectivity index (χ0) is 26.1. The third-order valence-corrected chi connectivity index (χ3v) is 8.35. The van der Waals surface area contributed by atoms with Gasteiger partial charge >= 0.3 is 0 Å². The highest BCUT2D eigenvalue weighted by atomic mass is 32.1. The molecule has 0 spiro atoms. The van der Waals surface area contributed by atoms with Crippen molar-refractivity contribution in [1.82, 2.24) is 19.7 Å². The zero-order valence-electron chi connectivity index (χ0n) is 20.6. The van der Waals surface area contributed by atoms with Gasteiger partial charge in [0, 0.05) is 37.6 Å². The third-order valence-electron chi connectivity index (χ3n) is 5.52. The van der Waals surface area contributed by atoms with E-state index in [1.54, 1.807) is 0 Å². The van der Waals surface area contributed by atoms with Gasteiger partial charge in [0.2, 0.25) is 0 Å². The maximum absolute atomic E-state index is 14.9. The lowest BCUT2D eigenvalue weighted by molar-refractivity contribution is 0.0541. The predicted molar refractivity (Wildman–Crippen MR) is 136 cm³/mol. The summed E-state index contributed by atoms with van der Waals surface area (Å²) in [6.07, 6.45) is 1.83. The van der Waals surface area contributed by atoms with Crippen LogP contribution in [-0.4, -0.2) is 52.0 Å². The molecule has 1 unspecified atom stereocenters. The normalized spacial score (nSPS) is 14.5. The number of carbonyl (C=O) groups is 1. The van der Waals surface area contributed by atoms with E-state index in [1.165, 1.54) is 41.4 Å². The number of aliphatic hydroxyl groups is 1. The lowest BCUT2D eigenvalue weighted by atomic mass is 10.0. The molecule has 1 aliphatic rings. The van der Waals surface area contributed by atoms with Crippen LogP contribution < -0.4 is 10.5 Å². The first-order valence-corrected chi connectivity index (χ1v) is 15.9. The minimum absolute atomic E-state index is 0.0385. The fraction of sp³-hybridized carbons (Fsp3) is 0.417. The largest absolute Gasteiger partial charge is 0.492 e. The van der Waals surface area contributed by atoms with Crippen molar-refractivity contribution in [3.63, 3.8) is 0 Å². The van der Waals surface area contributed by atoms with Gasteiger partial charge in [0.15, 0.2) is 16.4 Å². The molecular weight excluding hydrogens is 501 g/mol. The predicted octanol–water partition coefficient (Wildman–Crippen LogP) is 3.15. The number of thiazole rings is 1. The van der Waals surface area contributed by atoms with Crippen molar-refractivity contribution in [3.8, 4) is 28.8 Å². The first kappa shape index (κ1) is 26.0. The van der Waals surface area contributed by atoms with Gasteiger partial charge in [0.05, 0.1) is 17.9 Å². The zero-order valence-corrected chi connectivity index (χ0v) is 22.4. The fourth-order valence-electron chi connectivity index (χ4n) is 3.56. The van der Waals surface area contributed by atoms with Crippen molar-refractivity contribution in [1.29, 1.82) is 0 Å². The van der Waals surface area contributed by atoms with E-state index in [9.17, 15) is 14.3 Å². The van der Waals surface area contributed by atoms with E-state index < -0.39 is 25.4 Å². The highest BCUT2D eigenvalue weighted by Crippen LogP contribution is 2.39. The standard InChI is InChI=1S/C24H28FN5O4SSi/c1-24(32,23-27-13-28-30(23)14-33-9-10-36(2,3)4)7-5-15-11-16-18(12-17(15)25)34-8-6-19-20(16)29-22(35-19)21(26)31/h11-13,32H,6,8-10,14H2,1-4H3,(H2,26,31). The minimum Gasteiger partial charge on any atom is -0.492 e. The summed E-state index contributed by atoms with van der Waals surface area (Å²) in [7, 11) is -1.24. The maximum Gasteiger partial charge on any atom is 0.277 e. The molecule has 190 valence electrons. The number of rotatable bonds is 7. The first-order valence-electron chi connectivity index (χ1n) is 11.4. The minimum atomic E-state index is -1.72. The van der Waals surface area contributed by atoms with Gasteiger partial charge in [0.1, 0.15) is 24.6 Å². The van der Waals surface area contributed by atoms with Crippen LogP contribution in [0.1, 0.15) is 33.0 Å². The monoisotopic (exact) mass is 529 g/mol. The molecule has 2 aromatic heterocycles. The molecular formula is C24H28FN5O4SSi. The molecule has 0 fully saturated rings. The summed E-state index contributed by atoms with van der Waals surface area (Å²) >= 11 is 1.19. The average molecular weight is 530 g/mol. The second-order valence-electron chi connectivity index (χ2n) is 9.84. The molecule has 36 heavy (non-hydrogen) atoms. The molecule has 0 saturated heterocycles. The SMILES string of the molecule is CC(O)(C#Cc1cc2c(cc1F)OCCc1sc(C(N)=O)nc1-2)c1ncnn1COCC[Si](C)(C)C. The molecule has 1 aromatic carbocycles. The Labute approximate surface area is 213 Å². The summed E-state index contributed by atoms with van der Waals surface area (Å²) in [6.45, 7) is 9.27. The van der Waals surface area contributed by atoms with Crippen molar-refractivity contribution >= 4 is 25.3 Å². The van der Waals surface area contributed by atoms with E-state index >= 15 is 0 Å². The Bertz CT molecular complexity index is 1350. The Kier molecular flexibility index (Phi) is 7.28. The lowest BCUT2D eigenvalue weighted by Crippen LogP contribution is -2.26. The smallest absolute Gasteiger partial charge is 0.277 e. The fourth-order valence-corrected chi connectivity index (χ4v) is 5.22. The van der Waals surface area contributed by atoms with Crippen LogP contribution in [0.3, 0.4) is 0 Å². The number of primary amides is 1. The van der Waals surface area contributed by atoms with Crippen molar-refractivity contribution in [2.45, 2.75) is 51.4 Å². The maximum atomic E-state index is 14.9. The number of hydrogen-bond acceptors (Lipinski definition) is 8. The first-order chi connectivity index (χ1) is 16.9. The van der Waals surface area contributed by atoms with Crippen LogP contribution in [0.5, 0.6) is 5.75 Å². The van der Waals surface area contributed by atoms with Crippen LogP contribution in [0.15, 0.2) is 18.5 Å². The van der Waals surface area contributed by atoms with E-state index in [4.69, 9.17) is 15.2 Å². The topological polar surface area (TPSA) is 125 Å². The highest BCUT2D eigenvalue weighted by Gasteiger charge is 2.28. The van der Waals surface area contributed by atoms with Gasteiger partial charge in [0.25, 0.3) is 5.91 Å². The third kappa shape index (κ3) is 5.81. The number of ether oxygens (including phenoxy) is 2. The summed E-state index contributed by atoms with van der Waals surface area (Å²) in [4.78, 5) is 20.9. The second kappa shape index (κ2) is 10.1. The summed E-state index contributed by atoms with van der Waals surface area (Å²) < 4.78 is 27.8. The summed E-state index contributed by atoms with van der Waals surface area (Å²) in [5.74, 6) is 4.69. The number of carbonyl (C=O) groups excluding carboxylic acids is 1. The molecule has 0 bridgehead atoms. The summed E-state index contributed by atoms with van der Waals surface area (Å²) in [5, 5.41) is 15.4. The quantitative estimate of drug-likeness (QED) is 0.274. The Morgan fingerprint density at radius 3 is 2.92 bits per heavy atom. The Morgan fingerprint density at radius 2 is 2.19 bits per heavy atom. The van der Waals surface area contributed by atoms with Gasteiger partial charge < -0.3 is 20.3 Å². The van der Waals surface area contributed by atoms with Crippen LogP contribution in [0.25, 0.3) is 11.3 Å². The number of nitrogens with two attached hydrogens (primary N) is 1. The number of aromatic nitrogens is 4. The molecule has 12 heteroatoms. The average Bonchev–Trinajstić information content (AvgIpc) is 3.40. The van der Waals surface area contributed by atoms with Crippen LogP contribution in [0.4, 0.5) is 4.39 Å². The van der Waals surface area contributed by atoms with Crippen molar-refractivity contribution < 1.29 is 23.8 Å². The molecule has 3 aromatic rings. The Hall–Kier alpha value is -3.11. The number of fused-ring (bicyclic) bond motifs is 3. The number of amides is 1. The van der Waals surface area contributed by atoms with Crippen LogP contribution in [0.2, 0.25) is 25.7 Å². The number of benzene rings is 1. The Morgan fingerprint density at radius 1 is 1.42 bits per heavy atom. The summed E-state index contributed by atoms with van der Waals surface area (Å²) in [6, 6.07) is 3.74. The van der Waals surface area contributed by atoms with Crippen LogP contribution >= 0.6 is 11.3 Å². The van der Waals surface area contributed by atoms with Gasteiger partial charge in [-0.25, -0.2) is 19.0 Å². The molecule has 9 nitrogen and oxygen atoms in total. The van der Waals surface area contributed by atoms with Crippen molar-refractivity contribution in [2.24, 2.45) is 5.73 Å². The van der Waals surface area contributed by atoms with Gasteiger partial charge in [-0.05, 0) is 19.0 Å². The Balaban J connectivity index is 1.61.